The zero-order valence-corrected chi connectivity index (χ0v) is 11.7. The maximum atomic E-state index is 3.56. The summed E-state index contributed by atoms with van der Waals surface area (Å²) in [6, 6.07) is 9.56. The van der Waals surface area contributed by atoms with Crippen LogP contribution in [0.2, 0.25) is 0 Å². The standard InChI is InChI=1S/C16H26N2/c1-13(2)11-14-6-8-15(9-7-14)18-12-16-5-3-4-10-17-16/h6-9,13,16-18H,3-5,10-12H2,1-2H3. The molecule has 1 saturated heterocycles. The Morgan fingerprint density at radius 3 is 2.61 bits per heavy atom. The van der Waals surface area contributed by atoms with Gasteiger partial charge in [0.1, 0.15) is 0 Å². The summed E-state index contributed by atoms with van der Waals surface area (Å²) in [6.45, 7) is 6.75. The van der Waals surface area contributed by atoms with Crippen LogP contribution in [0.25, 0.3) is 0 Å². The molecule has 0 spiro atoms. The summed E-state index contributed by atoms with van der Waals surface area (Å²) in [5.74, 6) is 0.732. The molecule has 1 atom stereocenters. The van der Waals surface area contributed by atoms with Crippen molar-refractivity contribution < 1.29 is 0 Å². The summed E-state index contributed by atoms with van der Waals surface area (Å²) in [6.07, 6.45) is 5.18. The molecular formula is C16H26N2. The van der Waals surface area contributed by atoms with E-state index in [4.69, 9.17) is 0 Å². The fraction of sp³-hybridized carbons (Fsp3) is 0.625. The van der Waals surface area contributed by atoms with Crippen molar-refractivity contribution in [3.05, 3.63) is 29.8 Å². The highest BCUT2D eigenvalue weighted by atomic mass is 15.0. The highest BCUT2D eigenvalue weighted by Crippen LogP contribution is 2.14. The van der Waals surface area contributed by atoms with Crippen molar-refractivity contribution in [3.8, 4) is 0 Å². The lowest BCUT2D eigenvalue weighted by molar-refractivity contribution is 0.414. The van der Waals surface area contributed by atoms with Gasteiger partial charge in [0.05, 0.1) is 0 Å². The smallest absolute Gasteiger partial charge is 0.0340 e. The molecule has 0 radical (unpaired) electrons. The van der Waals surface area contributed by atoms with E-state index in [2.05, 4.69) is 48.7 Å². The van der Waals surface area contributed by atoms with Crippen LogP contribution >= 0.6 is 0 Å². The van der Waals surface area contributed by atoms with Gasteiger partial charge in [-0.25, -0.2) is 0 Å². The molecule has 2 heteroatoms. The van der Waals surface area contributed by atoms with Gasteiger partial charge in [0.15, 0.2) is 0 Å². The van der Waals surface area contributed by atoms with E-state index >= 15 is 0 Å². The van der Waals surface area contributed by atoms with Crippen LogP contribution in [0.4, 0.5) is 5.69 Å². The monoisotopic (exact) mass is 246 g/mol. The van der Waals surface area contributed by atoms with Gasteiger partial charge in [-0.1, -0.05) is 32.4 Å². The molecule has 1 fully saturated rings. The molecular weight excluding hydrogens is 220 g/mol. The minimum Gasteiger partial charge on any atom is -0.383 e. The maximum absolute atomic E-state index is 3.56. The first-order valence-electron chi connectivity index (χ1n) is 7.30. The van der Waals surface area contributed by atoms with E-state index in [0.717, 1.165) is 12.5 Å². The topological polar surface area (TPSA) is 24.1 Å². The molecule has 0 amide bonds. The van der Waals surface area contributed by atoms with Gasteiger partial charge in [-0.2, -0.15) is 0 Å². The third kappa shape index (κ3) is 4.34. The fourth-order valence-corrected chi connectivity index (χ4v) is 2.57. The van der Waals surface area contributed by atoms with Crippen molar-refractivity contribution >= 4 is 5.69 Å². The molecule has 1 aliphatic rings. The zero-order chi connectivity index (χ0) is 12.8. The number of anilines is 1. The molecule has 1 heterocycles. The average Bonchev–Trinajstić information content (AvgIpc) is 2.38. The number of hydrogen-bond acceptors (Lipinski definition) is 2. The van der Waals surface area contributed by atoms with Crippen LogP contribution < -0.4 is 10.6 Å². The molecule has 1 aromatic rings. The van der Waals surface area contributed by atoms with Gasteiger partial charge in [-0.05, 0) is 49.4 Å². The molecule has 2 rings (SSSR count). The summed E-state index contributed by atoms with van der Waals surface area (Å²) < 4.78 is 0. The largest absolute Gasteiger partial charge is 0.383 e. The predicted molar refractivity (Wildman–Crippen MR) is 79.1 cm³/mol. The first-order valence-corrected chi connectivity index (χ1v) is 7.30. The van der Waals surface area contributed by atoms with Gasteiger partial charge >= 0.3 is 0 Å². The Hall–Kier alpha value is -1.02. The second kappa shape index (κ2) is 6.79. The van der Waals surface area contributed by atoms with Gasteiger partial charge in [0, 0.05) is 18.3 Å². The van der Waals surface area contributed by atoms with Crippen LogP contribution in [0, 0.1) is 5.92 Å². The van der Waals surface area contributed by atoms with Crippen LogP contribution in [0.15, 0.2) is 24.3 Å². The van der Waals surface area contributed by atoms with E-state index in [-0.39, 0.29) is 0 Å². The molecule has 2 N–H and O–H groups in total. The normalized spacial score (nSPS) is 20.1. The van der Waals surface area contributed by atoms with Gasteiger partial charge in [-0.3, -0.25) is 0 Å². The summed E-state index contributed by atoms with van der Waals surface area (Å²) >= 11 is 0. The Morgan fingerprint density at radius 1 is 1.22 bits per heavy atom. The second-order valence-electron chi connectivity index (χ2n) is 5.82. The molecule has 0 bridgehead atoms. The minimum absolute atomic E-state index is 0.647. The van der Waals surface area contributed by atoms with Crippen molar-refractivity contribution in [2.24, 2.45) is 5.92 Å². The highest BCUT2D eigenvalue weighted by Gasteiger charge is 2.11. The van der Waals surface area contributed by atoms with Crippen LogP contribution in [-0.4, -0.2) is 19.1 Å². The molecule has 0 aromatic heterocycles. The molecule has 1 aromatic carbocycles. The molecule has 1 aliphatic heterocycles. The lowest BCUT2D eigenvalue weighted by Crippen LogP contribution is -2.39. The zero-order valence-electron chi connectivity index (χ0n) is 11.7. The predicted octanol–water partition coefficient (Wildman–Crippen LogP) is 3.44. The summed E-state index contributed by atoms with van der Waals surface area (Å²) in [7, 11) is 0. The van der Waals surface area contributed by atoms with Crippen molar-refractivity contribution in [2.45, 2.75) is 45.6 Å². The lowest BCUT2D eigenvalue weighted by atomic mass is 10.0. The fourth-order valence-electron chi connectivity index (χ4n) is 2.57. The Bertz CT molecular complexity index is 337. The Balaban J connectivity index is 1.78. The number of hydrogen-bond donors (Lipinski definition) is 2. The quantitative estimate of drug-likeness (QED) is 0.831. The minimum atomic E-state index is 0.647. The molecule has 1 unspecified atom stereocenters. The van der Waals surface area contributed by atoms with Gasteiger partial charge in [-0.15, -0.1) is 0 Å². The van der Waals surface area contributed by atoms with E-state index in [1.54, 1.807) is 0 Å². The number of benzene rings is 1. The third-order valence-corrected chi connectivity index (χ3v) is 3.56. The Labute approximate surface area is 111 Å². The average molecular weight is 246 g/mol. The van der Waals surface area contributed by atoms with Gasteiger partial charge in [0.2, 0.25) is 0 Å². The lowest BCUT2D eigenvalue weighted by Gasteiger charge is -2.24. The van der Waals surface area contributed by atoms with E-state index in [1.807, 2.05) is 0 Å². The Morgan fingerprint density at radius 2 is 2.00 bits per heavy atom. The first kappa shape index (κ1) is 13.4. The van der Waals surface area contributed by atoms with Crippen molar-refractivity contribution in [2.75, 3.05) is 18.4 Å². The van der Waals surface area contributed by atoms with Crippen molar-refractivity contribution in [1.29, 1.82) is 0 Å². The van der Waals surface area contributed by atoms with Crippen molar-refractivity contribution in [3.63, 3.8) is 0 Å². The molecule has 100 valence electrons. The van der Waals surface area contributed by atoms with E-state index in [0.29, 0.717) is 6.04 Å². The van der Waals surface area contributed by atoms with Crippen LogP contribution in [0.1, 0.15) is 38.7 Å². The first-order chi connectivity index (χ1) is 8.74. The van der Waals surface area contributed by atoms with Gasteiger partial charge < -0.3 is 10.6 Å². The SMILES string of the molecule is CC(C)Cc1ccc(NCC2CCCCN2)cc1. The van der Waals surface area contributed by atoms with E-state index in [9.17, 15) is 0 Å². The number of nitrogens with one attached hydrogen (secondary N) is 2. The van der Waals surface area contributed by atoms with E-state index in [1.165, 1.54) is 43.5 Å². The number of rotatable bonds is 5. The molecule has 2 nitrogen and oxygen atoms in total. The van der Waals surface area contributed by atoms with Crippen LogP contribution in [0.5, 0.6) is 0 Å². The molecule has 0 aliphatic carbocycles. The number of piperidine rings is 1. The molecule has 18 heavy (non-hydrogen) atoms. The van der Waals surface area contributed by atoms with Crippen LogP contribution in [0.3, 0.4) is 0 Å². The van der Waals surface area contributed by atoms with Crippen LogP contribution in [-0.2, 0) is 6.42 Å². The Kier molecular flexibility index (Phi) is 5.06. The summed E-state index contributed by atoms with van der Waals surface area (Å²) in [5, 5.41) is 7.10. The highest BCUT2D eigenvalue weighted by molar-refractivity contribution is 5.44. The maximum Gasteiger partial charge on any atom is 0.0340 e. The third-order valence-electron chi connectivity index (χ3n) is 3.56. The van der Waals surface area contributed by atoms with E-state index < -0.39 is 0 Å². The summed E-state index contributed by atoms with van der Waals surface area (Å²) in [4.78, 5) is 0. The van der Waals surface area contributed by atoms with Crippen molar-refractivity contribution in [1.82, 2.24) is 5.32 Å². The second-order valence-corrected chi connectivity index (χ2v) is 5.82. The summed E-state index contributed by atoms with van der Waals surface area (Å²) in [5.41, 5.74) is 2.68. The van der Waals surface area contributed by atoms with Gasteiger partial charge in [0.25, 0.3) is 0 Å². The molecule has 0 saturated carbocycles.